The highest BCUT2D eigenvalue weighted by atomic mass is 16.5. The summed E-state index contributed by atoms with van der Waals surface area (Å²) in [5.41, 5.74) is 3.56. The quantitative estimate of drug-likeness (QED) is 0.713. The number of nitriles is 1. The molecule has 1 saturated heterocycles. The third-order valence-electron chi connectivity index (χ3n) is 4.88. The molecule has 0 unspecified atom stereocenters. The maximum absolute atomic E-state index is 12.4. The average Bonchev–Trinajstić information content (AvgIpc) is 3.31. The number of likely N-dealkylation sites (tertiary alicyclic amines) is 1. The van der Waals surface area contributed by atoms with Crippen LogP contribution in [0.15, 0.2) is 53.1 Å². The lowest BCUT2D eigenvalue weighted by atomic mass is 10.1. The third kappa shape index (κ3) is 3.44. The molecule has 2 aromatic carbocycles. The first-order chi connectivity index (χ1) is 13.1. The van der Waals surface area contributed by atoms with Crippen molar-refractivity contribution in [3.63, 3.8) is 0 Å². The minimum atomic E-state index is -0.0850. The van der Waals surface area contributed by atoms with Crippen LogP contribution in [0.5, 0.6) is 0 Å². The summed E-state index contributed by atoms with van der Waals surface area (Å²) in [6.45, 7) is 3.22. The van der Waals surface area contributed by atoms with Crippen LogP contribution in [0.4, 0.5) is 0 Å². The maximum atomic E-state index is 12.4. The highest BCUT2D eigenvalue weighted by Gasteiger charge is 2.33. The van der Waals surface area contributed by atoms with Gasteiger partial charge in [-0.3, -0.25) is 4.79 Å². The largest absolute Gasteiger partial charge is 0.338 e. The monoisotopic (exact) mass is 358 g/mol. The molecule has 0 aliphatic carbocycles. The first kappa shape index (κ1) is 17.0. The van der Waals surface area contributed by atoms with E-state index in [1.54, 1.807) is 18.2 Å². The lowest BCUT2D eigenvalue weighted by Gasteiger charge is -2.17. The Labute approximate surface area is 157 Å². The lowest BCUT2D eigenvalue weighted by molar-refractivity contribution is -0.128. The minimum absolute atomic E-state index is 0.0850. The number of aromatic nitrogens is 2. The van der Waals surface area contributed by atoms with Crippen LogP contribution < -0.4 is 0 Å². The van der Waals surface area contributed by atoms with Crippen molar-refractivity contribution >= 4 is 5.91 Å². The third-order valence-corrected chi connectivity index (χ3v) is 4.88. The van der Waals surface area contributed by atoms with Gasteiger partial charge in [-0.15, -0.1) is 0 Å². The molecule has 1 aliphatic heterocycles. The predicted molar refractivity (Wildman–Crippen MR) is 98.4 cm³/mol. The van der Waals surface area contributed by atoms with Gasteiger partial charge in [-0.1, -0.05) is 35.5 Å². The van der Waals surface area contributed by atoms with Crippen molar-refractivity contribution in [3.05, 3.63) is 71.0 Å². The average molecular weight is 358 g/mol. The Balaban J connectivity index is 1.50. The van der Waals surface area contributed by atoms with E-state index >= 15 is 0 Å². The molecule has 0 radical (unpaired) electrons. The van der Waals surface area contributed by atoms with Gasteiger partial charge in [0.05, 0.1) is 11.6 Å². The van der Waals surface area contributed by atoms with Crippen LogP contribution in [0.3, 0.4) is 0 Å². The van der Waals surface area contributed by atoms with Crippen LogP contribution in [0.1, 0.15) is 34.9 Å². The smallest absolute Gasteiger partial charge is 0.257 e. The zero-order valence-electron chi connectivity index (χ0n) is 14.9. The molecule has 0 N–H and O–H groups in total. The number of carbonyl (C=O) groups is 1. The molecule has 134 valence electrons. The highest BCUT2D eigenvalue weighted by molar-refractivity contribution is 5.79. The van der Waals surface area contributed by atoms with Gasteiger partial charge < -0.3 is 9.42 Å². The Hall–Kier alpha value is -3.46. The molecule has 1 aliphatic rings. The summed E-state index contributed by atoms with van der Waals surface area (Å²) >= 11 is 0. The molecule has 1 fully saturated rings. The first-order valence-corrected chi connectivity index (χ1v) is 8.80. The van der Waals surface area contributed by atoms with E-state index in [-0.39, 0.29) is 11.8 Å². The van der Waals surface area contributed by atoms with Gasteiger partial charge in [-0.2, -0.15) is 10.2 Å². The van der Waals surface area contributed by atoms with Crippen LogP contribution in [-0.2, 0) is 11.3 Å². The SMILES string of the molecule is Cc1ccccc1CN1C[C@H](c2noc(-c3cccc(C#N)c3)n2)CC1=O. The van der Waals surface area contributed by atoms with E-state index in [4.69, 9.17) is 9.78 Å². The number of hydrogen-bond donors (Lipinski definition) is 0. The van der Waals surface area contributed by atoms with Gasteiger partial charge in [0, 0.05) is 31.0 Å². The van der Waals surface area contributed by atoms with Gasteiger partial charge in [0.2, 0.25) is 5.91 Å². The van der Waals surface area contributed by atoms with E-state index in [1.807, 2.05) is 42.2 Å². The van der Waals surface area contributed by atoms with Gasteiger partial charge in [0.1, 0.15) is 0 Å². The summed E-state index contributed by atoms with van der Waals surface area (Å²) in [6.07, 6.45) is 0.378. The number of amides is 1. The maximum Gasteiger partial charge on any atom is 0.257 e. The summed E-state index contributed by atoms with van der Waals surface area (Å²) in [6, 6.07) is 17.2. The highest BCUT2D eigenvalue weighted by Crippen LogP contribution is 2.29. The minimum Gasteiger partial charge on any atom is -0.338 e. The molecule has 6 nitrogen and oxygen atoms in total. The second-order valence-corrected chi connectivity index (χ2v) is 6.75. The second kappa shape index (κ2) is 7.04. The number of nitrogens with zero attached hydrogens (tertiary/aromatic N) is 4. The molecule has 3 aromatic rings. The van der Waals surface area contributed by atoms with Crippen molar-refractivity contribution in [1.82, 2.24) is 15.0 Å². The summed E-state index contributed by atoms with van der Waals surface area (Å²) in [4.78, 5) is 18.7. The van der Waals surface area contributed by atoms with Crippen molar-refractivity contribution in [1.29, 1.82) is 5.26 Å². The molecule has 0 bridgehead atoms. The molecular formula is C21H18N4O2. The van der Waals surface area contributed by atoms with E-state index < -0.39 is 0 Å². The number of rotatable bonds is 4. The Bertz CT molecular complexity index is 1030. The Kier molecular flexibility index (Phi) is 4.43. The van der Waals surface area contributed by atoms with Crippen molar-refractivity contribution < 1.29 is 9.32 Å². The van der Waals surface area contributed by atoms with Crippen LogP contribution >= 0.6 is 0 Å². The van der Waals surface area contributed by atoms with Crippen LogP contribution in [0.2, 0.25) is 0 Å². The van der Waals surface area contributed by atoms with Gasteiger partial charge in [0.25, 0.3) is 5.89 Å². The predicted octanol–water partition coefficient (Wildman–Crippen LogP) is 3.43. The van der Waals surface area contributed by atoms with E-state index in [2.05, 4.69) is 16.2 Å². The van der Waals surface area contributed by atoms with E-state index in [9.17, 15) is 4.79 Å². The number of benzene rings is 2. The molecule has 27 heavy (non-hydrogen) atoms. The summed E-state index contributed by atoms with van der Waals surface area (Å²) in [5.74, 6) is 0.916. The normalized spacial score (nSPS) is 16.5. The first-order valence-electron chi connectivity index (χ1n) is 8.80. The zero-order valence-corrected chi connectivity index (χ0v) is 14.9. The van der Waals surface area contributed by atoms with Gasteiger partial charge in [-0.05, 0) is 36.2 Å². The second-order valence-electron chi connectivity index (χ2n) is 6.75. The molecule has 1 atom stereocenters. The summed E-state index contributed by atoms with van der Waals surface area (Å²) in [5, 5.41) is 13.1. The summed E-state index contributed by atoms with van der Waals surface area (Å²) < 4.78 is 5.37. The van der Waals surface area contributed by atoms with Crippen molar-refractivity contribution in [2.45, 2.75) is 25.8 Å². The van der Waals surface area contributed by atoms with Crippen molar-refractivity contribution in [2.75, 3.05) is 6.54 Å². The van der Waals surface area contributed by atoms with Crippen molar-refractivity contribution in [2.24, 2.45) is 0 Å². The van der Waals surface area contributed by atoms with E-state index in [0.29, 0.717) is 42.4 Å². The molecular weight excluding hydrogens is 340 g/mol. The molecule has 1 amide bonds. The van der Waals surface area contributed by atoms with Gasteiger partial charge in [0.15, 0.2) is 5.82 Å². The van der Waals surface area contributed by atoms with Crippen LogP contribution in [-0.4, -0.2) is 27.5 Å². The molecule has 2 heterocycles. The van der Waals surface area contributed by atoms with Crippen LogP contribution in [0.25, 0.3) is 11.5 Å². The fourth-order valence-electron chi connectivity index (χ4n) is 3.33. The standard InChI is InChI=1S/C21H18N4O2/c1-14-5-2-3-7-17(14)12-25-13-18(10-19(25)26)20-23-21(27-24-20)16-8-4-6-15(9-16)11-22/h2-9,18H,10,12-13H2,1H3/t18-/m1/s1. The fourth-order valence-corrected chi connectivity index (χ4v) is 3.33. The van der Waals surface area contributed by atoms with Crippen molar-refractivity contribution in [3.8, 4) is 17.5 Å². The van der Waals surface area contributed by atoms with E-state index in [1.165, 1.54) is 5.56 Å². The zero-order chi connectivity index (χ0) is 18.8. The molecule has 6 heteroatoms. The van der Waals surface area contributed by atoms with E-state index in [0.717, 1.165) is 5.56 Å². The number of aryl methyl sites for hydroxylation is 1. The Morgan fingerprint density at radius 1 is 1.26 bits per heavy atom. The number of hydrogen-bond acceptors (Lipinski definition) is 5. The molecule has 4 rings (SSSR count). The Morgan fingerprint density at radius 3 is 2.93 bits per heavy atom. The topological polar surface area (TPSA) is 83.0 Å². The Morgan fingerprint density at radius 2 is 2.11 bits per heavy atom. The summed E-state index contributed by atoms with van der Waals surface area (Å²) in [7, 11) is 0. The molecule has 0 spiro atoms. The van der Waals surface area contributed by atoms with Gasteiger partial charge >= 0.3 is 0 Å². The number of carbonyl (C=O) groups excluding carboxylic acids is 1. The lowest BCUT2D eigenvalue weighted by Crippen LogP contribution is -2.24. The molecule has 0 saturated carbocycles. The molecule has 1 aromatic heterocycles. The van der Waals surface area contributed by atoms with Crippen LogP contribution in [0, 0.1) is 18.3 Å². The van der Waals surface area contributed by atoms with Gasteiger partial charge in [-0.25, -0.2) is 0 Å². The fraction of sp³-hybridized carbons (Fsp3) is 0.238.